The molecule has 2 N–H and O–H groups in total. The molecule has 1 aliphatic heterocycles. The second-order valence-corrected chi connectivity index (χ2v) is 5.39. The van der Waals surface area contributed by atoms with E-state index in [1.807, 2.05) is 31.2 Å². The minimum atomic E-state index is -0.844. The molecule has 4 heteroatoms. The second-order valence-electron chi connectivity index (χ2n) is 5.39. The summed E-state index contributed by atoms with van der Waals surface area (Å²) in [5.74, 6) is 0.637. The molecule has 2 rings (SSSR count). The molecule has 0 saturated carbocycles. The van der Waals surface area contributed by atoms with Crippen molar-refractivity contribution in [3.8, 4) is 5.75 Å². The number of hydrogen-bond donors (Lipinski definition) is 2. The highest BCUT2D eigenvalue weighted by Crippen LogP contribution is 2.26. The van der Waals surface area contributed by atoms with Crippen LogP contribution in [0.3, 0.4) is 0 Å². The van der Waals surface area contributed by atoms with Crippen LogP contribution in [0.4, 0.5) is 0 Å². The second kappa shape index (κ2) is 5.61. The van der Waals surface area contributed by atoms with Crippen molar-refractivity contribution in [3.63, 3.8) is 0 Å². The van der Waals surface area contributed by atoms with E-state index >= 15 is 0 Å². The number of fused-ring (bicyclic) bond motifs is 1. The van der Waals surface area contributed by atoms with Crippen LogP contribution in [-0.2, 0) is 11.2 Å². The highest BCUT2D eigenvalue weighted by atomic mass is 16.5. The van der Waals surface area contributed by atoms with E-state index in [4.69, 9.17) is 4.74 Å². The number of para-hydroxylation sites is 1. The van der Waals surface area contributed by atoms with Gasteiger partial charge in [-0.2, -0.15) is 0 Å². The quantitative estimate of drug-likeness (QED) is 0.866. The van der Waals surface area contributed by atoms with E-state index in [1.165, 1.54) is 0 Å². The molecule has 104 valence electrons. The fourth-order valence-electron chi connectivity index (χ4n) is 2.04. The SMILES string of the molecule is CCC(C)(O)CNC(=O)C1COc2ccccc2C1. The topological polar surface area (TPSA) is 58.6 Å². The van der Waals surface area contributed by atoms with E-state index in [0.29, 0.717) is 19.4 Å². The number of aliphatic hydroxyl groups is 1. The number of benzene rings is 1. The molecule has 1 heterocycles. The van der Waals surface area contributed by atoms with Crippen molar-refractivity contribution < 1.29 is 14.6 Å². The number of nitrogens with one attached hydrogen (secondary N) is 1. The van der Waals surface area contributed by atoms with E-state index in [9.17, 15) is 9.90 Å². The van der Waals surface area contributed by atoms with Crippen LogP contribution in [0, 0.1) is 5.92 Å². The molecule has 1 aromatic carbocycles. The fourth-order valence-corrected chi connectivity index (χ4v) is 2.04. The van der Waals surface area contributed by atoms with Crippen molar-refractivity contribution in [1.82, 2.24) is 5.32 Å². The highest BCUT2D eigenvalue weighted by molar-refractivity contribution is 5.79. The molecule has 0 saturated heterocycles. The van der Waals surface area contributed by atoms with Crippen molar-refractivity contribution in [1.29, 1.82) is 0 Å². The van der Waals surface area contributed by atoms with Gasteiger partial charge in [-0.15, -0.1) is 0 Å². The fraction of sp³-hybridized carbons (Fsp3) is 0.533. The molecule has 0 fully saturated rings. The lowest BCUT2D eigenvalue weighted by atomic mass is 9.95. The summed E-state index contributed by atoms with van der Waals surface area (Å²) in [6.45, 7) is 4.30. The molecular formula is C15H21NO3. The van der Waals surface area contributed by atoms with Gasteiger partial charge in [0.2, 0.25) is 5.91 Å². The van der Waals surface area contributed by atoms with Gasteiger partial charge >= 0.3 is 0 Å². The maximum atomic E-state index is 12.1. The number of amides is 1. The first-order valence-corrected chi connectivity index (χ1v) is 6.72. The molecule has 2 unspecified atom stereocenters. The predicted octanol–water partition coefficient (Wildman–Crippen LogP) is 1.51. The van der Waals surface area contributed by atoms with Gasteiger partial charge in [0.1, 0.15) is 12.4 Å². The summed E-state index contributed by atoms with van der Waals surface area (Å²) in [5.41, 5.74) is 0.222. The summed E-state index contributed by atoms with van der Waals surface area (Å²) in [7, 11) is 0. The first kappa shape index (κ1) is 13.9. The molecule has 4 nitrogen and oxygen atoms in total. The zero-order valence-corrected chi connectivity index (χ0v) is 11.5. The van der Waals surface area contributed by atoms with Gasteiger partial charge in [-0.05, 0) is 31.4 Å². The average molecular weight is 263 g/mol. The Morgan fingerprint density at radius 1 is 1.53 bits per heavy atom. The monoisotopic (exact) mass is 263 g/mol. The van der Waals surface area contributed by atoms with Crippen LogP contribution < -0.4 is 10.1 Å². The Kier molecular flexibility index (Phi) is 4.10. The Balaban J connectivity index is 1.92. The number of hydrogen-bond acceptors (Lipinski definition) is 3. The van der Waals surface area contributed by atoms with E-state index in [-0.39, 0.29) is 18.4 Å². The molecule has 0 aliphatic carbocycles. The van der Waals surface area contributed by atoms with Crippen LogP contribution >= 0.6 is 0 Å². The third-order valence-electron chi connectivity index (χ3n) is 3.65. The number of ether oxygens (including phenoxy) is 1. The molecule has 1 amide bonds. The Morgan fingerprint density at radius 2 is 2.26 bits per heavy atom. The summed E-state index contributed by atoms with van der Waals surface area (Å²) in [6.07, 6.45) is 1.30. The van der Waals surface area contributed by atoms with E-state index in [2.05, 4.69) is 5.32 Å². The molecule has 1 aromatic rings. The standard InChI is InChI=1S/C15H21NO3/c1-3-15(2,18)10-16-14(17)12-8-11-6-4-5-7-13(11)19-9-12/h4-7,12,18H,3,8-10H2,1-2H3,(H,16,17). The molecule has 19 heavy (non-hydrogen) atoms. The van der Waals surface area contributed by atoms with Crippen molar-refractivity contribution in [2.75, 3.05) is 13.2 Å². The highest BCUT2D eigenvalue weighted by Gasteiger charge is 2.27. The third-order valence-corrected chi connectivity index (χ3v) is 3.65. The Morgan fingerprint density at radius 3 is 3.00 bits per heavy atom. The molecule has 2 atom stereocenters. The van der Waals surface area contributed by atoms with Crippen LogP contribution in [0.25, 0.3) is 0 Å². The van der Waals surface area contributed by atoms with Gasteiger partial charge in [0.05, 0.1) is 11.5 Å². The number of carbonyl (C=O) groups is 1. The lowest BCUT2D eigenvalue weighted by Crippen LogP contribution is -2.44. The van der Waals surface area contributed by atoms with Gasteiger partial charge in [-0.3, -0.25) is 4.79 Å². The maximum absolute atomic E-state index is 12.1. The van der Waals surface area contributed by atoms with Gasteiger partial charge in [0, 0.05) is 6.54 Å². The Bertz CT molecular complexity index is 456. The largest absolute Gasteiger partial charge is 0.492 e. The first-order valence-electron chi connectivity index (χ1n) is 6.72. The lowest BCUT2D eigenvalue weighted by molar-refractivity contribution is -0.127. The minimum absolute atomic E-state index is 0.0526. The number of carbonyl (C=O) groups excluding carboxylic acids is 1. The summed E-state index contributed by atoms with van der Waals surface area (Å²) in [6, 6.07) is 7.78. The van der Waals surface area contributed by atoms with Gasteiger partial charge in [0.15, 0.2) is 0 Å². The minimum Gasteiger partial charge on any atom is -0.492 e. The summed E-state index contributed by atoms with van der Waals surface area (Å²) < 4.78 is 5.59. The Hall–Kier alpha value is -1.55. The lowest BCUT2D eigenvalue weighted by Gasteiger charge is -2.27. The Labute approximate surface area is 113 Å². The van der Waals surface area contributed by atoms with E-state index in [0.717, 1.165) is 11.3 Å². The third kappa shape index (κ3) is 3.47. The average Bonchev–Trinajstić information content (AvgIpc) is 2.44. The van der Waals surface area contributed by atoms with Crippen molar-refractivity contribution in [2.45, 2.75) is 32.3 Å². The van der Waals surface area contributed by atoms with Gasteiger partial charge in [-0.1, -0.05) is 25.1 Å². The molecular weight excluding hydrogens is 242 g/mol. The molecule has 0 spiro atoms. The molecule has 1 aliphatic rings. The van der Waals surface area contributed by atoms with Crippen LogP contribution in [0.15, 0.2) is 24.3 Å². The summed E-state index contributed by atoms with van der Waals surface area (Å²) >= 11 is 0. The summed E-state index contributed by atoms with van der Waals surface area (Å²) in [4.78, 5) is 12.1. The summed E-state index contributed by atoms with van der Waals surface area (Å²) in [5, 5.41) is 12.7. The van der Waals surface area contributed by atoms with E-state index < -0.39 is 5.60 Å². The molecule has 0 bridgehead atoms. The smallest absolute Gasteiger partial charge is 0.226 e. The van der Waals surface area contributed by atoms with Crippen molar-refractivity contribution in [2.24, 2.45) is 5.92 Å². The normalized spacial score (nSPS) is 20.9. The van der Waals surface area contributed by atoms with Gasteiger partial charge < -0.3 is 15.2 Å². The van der Waals surface area contributed by atoms with Crippen LogP contribution in [0.5, 0.6) is 5.75 Å². The zero-order valence-electron chi connectivity index (χ0n) is 11.5. The van der Waals surface area contributed by atoms with Gasteiger partial charge in [0.25, 0.3) is 0 Å². The maximum Gasteiger partial charge on any atom is 0.226 e. The predicted molar refractivity (Wildman–Crippen MR) is 73.1 cm³/mol. The van der Waals surface area contributed by atoms with Crippen molar-refractivity contribution in [3.05, 3.63) is 29.8 Å². The van der Waals surface area contributed by atoms with Crippen LogP contribution in [0.1, 0.15) is 25.8 Å². The first-order chi connectivity index (χ1) is 9.02. The van der Waals surface area contributed by atoms with Crippen LogP contribution in [-0.4, -0.2) is 29.8 Å². The number of rotatable bonds is 4. The van der Waals surface area contributed by atoms with E-state index in [1.54, 1.807) is 6.92 Å². The molecule has 0 radical (unpaired) electrons. The van der Waals surface area contributed by atoms with Crippen molar-refractivity contribution >= 4 is 5.91 Å². The zero-order chi connectivity index (χ0) is 13.9. The molecule has 0 aromatic heterocycles. The van der Waals surface area contributed by atoms with Crippen LogP contribution in [0.2, 0.25) is 0 Å². The van der Waals surface area contributed by atoms with Gasteiger partial charge in [-0.25, -0.2) is 0 Å².